The quantitative estimate of drug-likeness (QED) is 0.501. The number of fused-ring (bicyclic) bond motifs is 1. The molecule has 1 aliphatic rings. The summed E-state index contributed by atoms with van der Waals surface area (Å²) in [6, 6.07) is 14.3. The van der Waals surface area contributed by atoms with Gasteiger partial charge in [-0.3, -0.25) is 14.6 Å². The van der Waals surface area contributed by atoms with Crippen LogP contribution in [-0.2, 0) is 12.8 Å². The molecule has 0 bridgehead atoms. The van der Waals surface area contributed by atoms with Gasteiger partial charge in [0.15, 0.2) is 0 Å². The molecule has 4 N–H and O–H groups in total. The summed E-state index contributed by atoms with van der Waals surface area (Å²) in [6.07, 6.45) is 3.95. The first kappa shape index (κ1) is 22.1. The van der Waals surface area contributed by atoms with Crippen molar-refractivity contribution in [2.24, 2.45) is 0 Å². The van der Waals surface area contributed by atoms with Gasteiger partial charge in [-0.25, -0.2) is 0 Å². The highest BCUT2D eigenvalue weighted by Gasteiger charge is 2.22. The van der Waals surface area contributed by atoms with Gasteiger partial charge in [0.25, 0.3) is 11.8 Å². The Kier molecular flexibility index (Phi) is 6.44. The second-order valence-electron chi connectivity index (χ2n) is 7.86. The first-order valence-corrected chi connectivity index (χ1v) is 10.7. The van der Waals surface area contributed by atoms with Gasteiger partial charge in [0.1, 0.15) is 22.9 Å². The van der Waals surface area contributed by atoms with E-state index in [1.165, 1.54) is 11.8 Å². The number of benzene rings is 2. The second kappa shape index (κ2) is 9.60. The topological polar surface area (TPSA) is 116 Å². The third-order valence-electron chi connectivity index (χ3n) is 5.66. The summed E-state index contributed by atoms with van der Waals surface area (Å²) < 4.78 is 11.1. The first-order chi connectivity index (χ1) is 16.0. The average Bonchev–Trinajstić information content (AvgIpc) is 2.83. The normalized spacial score (nSPS) is 14.7. The molecule has 170 valence electrons. The van der Waals surface area contributed by atoms with Crippen molar-refractivity contribution in [1.29, 1.82) is 0 Å². The molecule has 0 fully saturated rings. The third kappa shape index (κ3) is 5.06. The van der Waals surface area contributed by atoms with Crippen LogP contribution >= 0.6 is 0 Å². The van der Waals surface area contributed by atoms with Crippen LogP contribution in [0.2, 0.25) is 0 Å². The number of hydrogen-bond donors (Lipinski definition) is 3. The van der Waals surface area contributed by atoms with Gasteiger partial charge in [-0.1, -0.05) is 6.07 Å². The number of hydrogen-bond acceptors (Lipinski definition) is 6. The van der Waals surface area contributed by atoms with Crippen LogP contribution < -0.4 is 25.8 Å². The minimum Gasteiger partial charge on any atom is -0.495 e. The van der Waals surface area contributed by atoms with Crippen LogP contribution in [0.25, 0.3) is 0 Å². The van der Waals surface area contributed by atoms with Gasteiger partial charge < -0.3 is 25.8 Å². The Morgan fingerprint density at radius 3 is 2.61 bits per heavy atom. The number of pyridine rings is 1. The molecule has 1 aliphatic carbocycles. The number of carbonyl (C=O) groups excluding carboxylic acids is 2. The van der Waals surface area contributed by atoms with Crippen LogP contribution in [0.15, 0.2) is 54.7 Å². The van der Waals surface area contributed by atoms with E-state index in [0.717, 1.165) is 18.4 Å². The summed E-state index contributed by atoms with van der Waals surface area (Å²) in [6.45, 7) is 0. The zero-order valence-electron chi connectivity index (χ0n) is 18.6. The highest BCUT2D eigenvalue weighted by atomic mass is 16.5. The summed E-state index contributed by atoms with van der Waals surface area (Å²) in [4.78, 5) is 28.6. The maximum Gasteiger partial charge on any atom is 0.269 e. The van der Waals surface area contributed by atoms with Crippen LogP contribution in [0.5, 0.6) is 17.2 Å². The van der Waals surface area contributed by atoms with Gasteiger partial charge in [0.2, 0.25) is 0 Å². The van der Waals surface area contributed by atoms with Crippen molar-refractivity contribution >= 4 is 17.5 Å². The molecular weight excluding hydrogens is 420 g/mol. The van der Waals surface area contributed by atoms with Crippen LogP contribution in [0.1, 0.15) is 38.4 Å². The summed E-state index contributed by atoms with van der Waals surface area (Å²) in [7, 11) is 3.10. The van der Waals surface area contributed by atoms with E-state index in [0.29, 0.717) is 34.9 Å². The lowest BCUT2D eigenvalue weighted by Gasteiger charge is -2.26. The van der Waals surface area contributed by atoms with Crippen LogP contribution in [0.4, 0.5) is 5.69 Å². The molecule has 0 aliphatic heterocycles. The number of amides is 2. The summed E-state index contributed by atoms with van der Waals surface area (Å²) in [5.41, 5.74) is 9.51. The van der Waals surface area contributed by atoms with Gasteiger partial charge in [0.05, 0.1) is 12.8 Å². The number of nitrogens with zero attached hydrogens (tertiary/aromatic N) is 1. The number of ether oxygens (including phenoxy) is 2. The standard InChI is InChI=1S/C25H26N4O4/c1-27-25(31)22-14-20(9-10-28-22)33-19-7-4-15-3-6-18(11-17(15)12-19)29-24(30)16-5-8-23(32-2)21(26)13-16/h4-5,7-10,12-14,18H,3,6,11,26H2,1-2H3,(H,27,31)(H,29,30). The summed E-state index contributed by atoms with van der Waals surface area (Å²) in [5, 5.41) is 5.66. The lowest BCUT2D eigenvalue weighted by Crippen LogP contribution is -2.38. The maximum atomic E-state index is 12.7. The number of rotatable bonds is 6. The predicted octanol–water partition coefficient (Wildman–Crippen LogP) is 3.11. The first-order valence-electron chi connectivity index (χ1n) is 10.7. The fraction of sp³-hybridized carbons (Fsp3) is 0.240. The second-order valence-corrected chi connectivity index (χ2v) is 7.86. The smallest absolute Gasteiger partial charge is 0.269 e. The van der Waals surface area contributed by atoms with Gasteiger partial charge in [-0.05, 0) is 66.8 Å². The zero-order valence-corrected chi connectivity index (χ0v) is 18.6. The molecule has 1 unspecified atom stereocenters. The van der Waals surface area contributed by atoms with Crippen molar-refractivity contribution in [3.05, 3.63) is 77.1 Å². The van der Waals surface area contributed by atoms with Gasteiger partial charge in [-0.15, -0.1) is 0 Å². The van der Waals surface area contributed by atoms with Crippen LogP contribution in [-0.4, -0.2) is 37.0 Å². The molecule has 8 nitrogen and oxygen atoms in total. The third-order valence-corrected chi connectivity index (χ3v) is 5.66. The van der Waals surface area contributed by atoms with E-state index in [9.17, 15) is 9.59 Å². The molecule has 0 spiro atoms. The molecule has 1 aromatic heterocycles. The van der Waals surface area contributed by atoms with Crippen molar-refractivity contribution in [2.75, 3.05) is 19.9 Å². The fourth-order valence-electron chi connectivity index (χ4n) is 3.93. The maximum absolute atomic E-state index is 12.7. The molecule has 0 saturated carbocycles. The Morgan fingerprint density at radius 2 is 1.85 bits per heavy atom. The number of anilines is 1. The molecule has 4 rings (SSSR count). The summed E-state index contributed by atoms with van der Waals surface area (Å²) in [5.74, 6) is 1.30. The monoisotopic (exact) mass is 446 g/mol. The Hall–Kier alpha value is -4.07. The molecular formula is C25H26N4O4. The van der Waals surface area contributed by atoms with E-state index in [-0.39, 0.29) is 23.6 Å². The average molecular weight is 447 g/mol. The van der Waals surface area contributed by atoms with Crippen molar-refractivity contribution in [1.82, 2.24) is 15.6 Å². The van der Waals surface area contributed by atoms with Gasteiger partial charge in [-0.2, -0.15) is 0 Å². The number of nitrogens with two attached hydrogens (primary N) is 1. The van der Waals surface area contributed by atoms with E-state index in [2.05, 4.69) is 15.6 Å². The molecule has 2 aromatic carbocycles. The highest BCUT2D eigenvalue weighted by molar-refractivity contribution is 5.95. The van der Waals surface area contributed by atoms with E-state index >= 15 is 0 Å². The Morgan fingerprint density at radius 1 is 1.03 bits per heavy atom. The minimum absolute atomic E-state index is 0.00403. The van der Waals surface area contributed by atoms with Crippen molar-refractivity contribution in [2.45, 2.75) is 25.3 Å². The molecule has 0 saturated heterocycles. The van der Waals surface area contributed by atoms with E-state index in [1.807, 2.05) is 18.2 Å². The van der Waals surface area contributed by atoms with Crippen molar-refractivity contribution in [3.63, 3.8) is 0 Å². The molecule has 3 aromatic rings. The lowest BCUT2D eigenvalue weighted by atomic mass is 9.88. The van der Waals surface area contributed by atoms with E-state index < -0.39 is 0 Å². The largest absolute Gasteiger partial charge is 0.495 e. The molecule has 0 radical (unpaired) electrons. The number of aromatic nitrogens is 1. The van der Waals surface area contributed by atoms with Crippen LogP contribution in [0, 0.1) is 0 Å². The molecule has 1 atom stereocenters. The Balaban J connectivity index is 1.44. The van der Waals surface area contributed by atoms with Crippen molar-refractivity contribution in [3.8, 4) is 17.2 Å². The SMILES string of the molecule is CNC(=O)c1cc(Oc2ccc3c(c2)CC(NC(=O)c2ccc(OC)c(N)c2)CC3)ccn1. The number of nitrogen functional groups attached to an aromatic ring is 1. The number of methoxy groups -OCH3 is 1. The van der Waals surface area contributed by atoms with Crippen LogP contribution in [0.3, 0.4) is 0 Å². The van der Waals surface area contributed by atoms with Gasteiger partial charge in [0, 0.05) is 30.9 Å². The fourth-order valence-corrected chi connectivity index (χ4v) is 3.93. The minimum atomic E-state index is -0.275. The molecule has 33 heavy (non-hydrogen) atoms. The number of carbonyl (C=O) groups is 2. The van der Waals surface area contributed by atoms with E-state index in [1.54, 1.807) is 44.5 Å². The Labute approximate surface area is 192 Å². The molecule has 2 amide bonds. The zero-order chi connectivity index (χ0) is 23.4. The summed E-state index contributed by atoms with van der Waals surface area (Å²) >= 11 is 0. The van der Waals surface area contributed by atoms with Crippen molar-refractivity contribution < 1.29 is 19.1 Å². The predicted molar refractivity (Wildman–Crippen MR) is 125 cm³/mol. The highest BCUT2D eigenvalue weighted by Crippen LogP contribution is 2.29. The molecule has 1 heterocycles. The number of nitrogens with one attached hydrogen (secondary N) is 2. The van der Waals surface area contributed by atoms with Gasteiger partial charge >= 0.3 is 0 Å². The Bertz CT molecular complexity index is 1190. The lowest BCUT2D eigenvalue weighted by molar-refractivity contribution is 0.0931. The van der Waals surface area contributed by atoms with E-state index in [4.69, 9.17) is 15.2 Å². The molecule has 8 heteroatoms. The number of aryl methyl sites for hydroxylation is 1.